The second-order valence-corrected chi connectivity index (χ2v) is 3.73. The van der Waals surface area contributed by atoms with Gasteiger partial charge in [0.25, 0.3) is 0 Å². The highest BCUT2D eigenvalue weighted by Crippen LogP contribution is 2.34. The van der Waals surface area contributed by atoms with Gasteiger partial charge in [0.05, 0.1) is 14.2 Å². The molecule has 5 heteroatoms. The predicted octanol–water partition coefficient (Wildman–Crippen LogP) is 1.86. The van der Waals surface area contributed by atoms with Gasteiger partial charge < -0.3 is 19.6 Å². The second-order valence-electron chi connectivity index (χ2n) is 3.73. The third kappa shape index (κ3) is 2.31. The second kappa shape index (κ2) is 5.55. The maximum Gasteiger partial charge on any atom is 0.181 e. The van der Waals surface area contributed by atoms with Crippen LogP contribution in [0.25, 0.3) is 11.3 Å². The fourth-order valence-electron chi connectivity index (χ4n) is 1.79. The fraction of sp³-hybridized carbons (Fsp3) is 0.308. The van der Waals surface area contributed by atoms with E-state index < -0.39 is 0 Å². The van der Waals surface area contributed by atoms with Gasteiger partial charge in [-0.25, -0.2) is 4.98 Å². The lowest BCUT2D eigenvalue weighted by molar-refractivity contribution is 0.395. The van der Waals surface area contributed by atoms with E-state index >= 15 is 0 Å². The monoisotopic (exact) mass is 248 g/mol. The quantitative estimate of drug-likeness (QED) is 0.874. The molecule has 1 heterocycles. The minimum atomic E-state index is 0.515. The molecule has 1 aromatic carbocycles. The number of aromatic nitrogens is 1. The molecule has 0 aliphatic rings. The number of methoxy groups -OCH3 is 2. The van der Waals surface area contributed by atoms with Gasteiger partial charge in [-0.15, -0.1) is 0 Å². The Labute approximate surface area is 106 Å². The number of hydrogen-bond acceptors (Lipinski definition) is 5. The molecule has 1 aromatic heterocycles. The number of ether oxygens (including phenoxy) is 2. The molecule has 2 rings (SSSR count). The molecule has 0 saturated carbocycles. The van der Waals surface area contributed by atoms with Crippen molar-refractivity contribution in [3.63, 3.8) is 0 Å². The predicted molar refractivity (Wildman–Crippen MR) is 67.8 cm³/mol. The van der Waals surface area contributed by atoms with Gasteiger partial charge in [-0.1, -0.05) is 0 Å². The summed E-state index contributed by atoms with van der Waals surface area (Å²) in [4.78, 5) is 4.23. The summed E-state index contributed by atoms with van der Waals surface area (Å²) in [6.45, 7) is 0.515. The van der Waals surface area contributed by atoms with E-state index in [-0.39, 0.29) is 0 Å². The average molecular weight is 248 g/mol. The van der Waals surface area contributed by atoms with E-state index in [1.54, 1.807) is 14.2 Å². The van der Waals surface area contributed by atoms with Crippen LogP contribution in [0.5, 0.6) is 11.5 Å². The van der Waals surface area contributed by atoms with Crippen LogP contribution in [0.4, 0.5) is 0 Å². The summed E-state index contributed by atoms with van der Waals surface area (Å²) in [6.07, 6.45) is 2.06. The van der Waals surface area contributed by atoms with Gasteiger partial charge in [-0.05, 0) is 18.7 Å². The van der Waals surface area contributed by atoms with E-state index in [2.05, 4.69) is 4.98 Å². The van der Waals surface area contributed by atoms with Crippen LogP contribution in [-0.4, -0.2) is 25.7 Å². The summed E-state index contributed by atoms with van der Waals surface area (Å²) in [6, 6.07) is 5.57. The SMILES string of the molecule is COc1ccc(-c2ncoc2CCN)c(OC)c1. The first-order valence-electron chi connectivity index (χ1n) is 5.65. The van der Waals surface area contributed by atoms with Crippen molar-refractivity contribution in [2.45, 2.75) is 6.42 Å². The molecule has 0 fully saturated rings. The summed E-state index contributed by atoms with van der Waals surface area (Å²) < 4.78 is 15.9. The van der Waals surface area contributed by atoms with Gasteiger partial charge in [-0.3, -0.25) is 0 Å². The van der Waals surface area contributed by atoms with Crippen LogP contribution in [0.3, 0.4) is 0 Å². The Morgan fingerprint density at radius 2 is 2.11 bits per heavy atom. The van der Waals surface area contributed by atoms with Crippen molar-refractivity contribution >= 4 is 0 Å². The molecule has 0 saturated heterocycles. The van der Waals surface area contributed by atoms with Gasteiger partial charge in [0.15, 0.2) is 6.39 Å². The minimum absolute atomic E-state index is 0.515. The Kier molecular flexibility index (Phi) is 3.84. The molecular formula is C13H16N2O3. The highest BCUT2D eigenvalue weighted by atomic mass is 16.5. The summed E-state index contributed by atoms with van der Waals surface area (Å²) in [5, 5.41) is 0. The topological polar surface area (TPSA) is 70.5 Å². The van der Waals surface area contributed by atoms with Crippen molar-refractivity contribution in [3.8, 4) is 22.8 Å². The van der Waals surface area contributed by atoms with E-state index in [0.717, 1.165) is 22.8 Å². The average Bonchev–Trinajstić information content (AvgIpc) is 2.86. The first-order valence-corrected chi connectivity index (χ1v) is 5.65. The Morgan fingerprint density at radius 3 is 2.78 bits per heavy atom. The third-order valence-electron chi connectivity index (χ3n) is 2.68. The van der Waals surface area contributed by atoms with E-state index in [0.29, 0.717) is 18.7 Å². The van der Waals surface area contributed by atoms with Crippen LogP contribution in [0.1, 0.15) is 5.76 Å². The first kappa shape index (κ1) is 12.4. The zero-order chi connectivity index (χ0) is 13.0. The molecule has 0 aliphatic heterocycles. The Balaban J connectivity index is 2.46. The van der Waals surface area contributed by atoms with Crippen molar-refractivity contribution < 1.29 is 13.9 Å². The lowest BCUT2D eigenvalue weighted by atomic mass is 10.1. The molecule has 0 unspecified atom stereocenters. The third-order valence-corrected chi connectivity index (χ3v) is 2.68. The molecule has 0 spiro atoms. The summed E-state index contributed by atoms with van der Waals surface area (Å²) in [5.74, 6) is 2.20. The van der Waals surface area contributed by atoms with E-state index in [4.69, 9.17) is 19.6 Å². The van der Waals surface area contributed by atoms with Crippen LogP contribution in [0.2, 0.25) is 0 Å². The summed E-state index contributed by atoms with van der Waals surface area (Å²) in [5.41, 5.74) is 7.18. The normalized spacial score (nSPS) is 10.4. The van der Waals surface area contributed by atoms with Gasteiger partial charge in [0.2, 0.25) is 0 Å². The van der Waals surface area contributed by atoms with E-state index in [9.17, 15) is 0 Å². The van der Waals surface area contributed by atoms with Crippen LogP contribution in [0, 0.1) is 0 Å². The molecule has 0 radical (unpaired) electrons. The van der Waals surface area contributed by atoms with Crippen LogP contribution in [-0.2, 0) is 6.42 Å². The lowest BCUT2D eigenvalue weighted by Crippen LogP contribution is -2.03. The van der Waals surface area contributed by atoms with Gasteiger partial charge in [-0.2, -0.15) is 0 Å². The smallest absolute Gasteiger partial charge is 0.181 e. The first-order chi connectivity index (χ1) is 8.80. The minimum Gasteiger partial charge on any atom is -0.497 e. The van der Waals surface area contributed by atoms with Gasteiger partial charge in [0.1, 0.15) is 23.0 Å². The molecule has 18 heavy (non-hydrogen) atoms. The number of benzene rings is 1. The molecule has 0 atom stereocenters. The van der Waals surface area contributed by atoms with Crippen molar-refractivity contribution in [2.75, 3.05) is 20.8 Å². The standard InChI is InChI=1S/C13H16N2O3/c1-16-9-3-4-10(12(7-9)17-2)13-11(5-6-14)18-8-15-13/h3-4,7-8H,5-6,14H2,1-2H3. The van der Waals surface area contributed by atoms with Crippen LogP contribution in [0.15, 0.2) is 29.0 Å². The Bertz CT molecular complexity index is 523. The highest BCUT2D eigenvalue weighted by molar-refractivity contribution is 5.70. The fourth-order valence-corrected chi connectivity index (χ4v) is 1.79. The molecule has 2 N–H and O–H groups in total. The molecular weight excluding hydrogens is 232 g/mol. The Morgan fingerprint density at radius 1 is 1.28 bits per heavy atom. The summed E-state index contributed by atoms with van der Waals surface area (Å²) >= 11 is 0. The number of oxazole rings is 1. The number of nitrogens with zero attached hydrogens (tertiary/aromatic N) is 1. The van der Waals surface area contributed by atoms with Crippen LogP contribution < -0.4 is 15.2 Å². The number of nitrogens with two attached hydrogens (primary N) is 1. The van der Waals surface area contributed by atoms with Crippen molar-refractivity contribution in [1.82, 2.24) is 4.98 Å². The molecule has 5 nitrogen and oxygen atoms in total. The maximum absolute atomic E-state index is 5.54. The molecule has 2 aromatic rings. The van der Waals surface area contributed by atoms with Crippen LogP contribution >= 0.6 is 0 Å². The largest absolute Gasteiger partial charge is 0.497 e. The van der Waals surface area contributed by atoms with Gasteiger partial charge >= 0.3 is 0 Å². The van der Waals surface area contributed by atoms with Crippen molar-refractivity contribution in [1.29, 1.82) is 0 Å². The summed E-state index contributed by atoms with van der Waals surface area (Å²) in [7, 11) is 3.23. The highest BCUT2D eigenvalue weighted by Gasteiger charge is 2.15. The van der Waals surface area contributed by atoms with E-state index in [1.165, 1.54) is 6.39 Å². The molecule has 0 bridgehead atoms. The zero-order valence-corrected chi connectivity index (χ0v) is 10.5. The molecule has 0 aliphatic carbocycles. The Hall–Kier alpha value is -2.01. The number of hydrogen-bond donors (Lipinski definition) is 1. The zero-order valence-electron chi connectivity index (χ0n) is 10.5. The molecule has 0 amide bonds. The van der Waals surface area contributed by atoms with E-state index in [1.807, 2.05) is 18.2 Å². The van der Waals surface area contributed by atoms with Gasteiger partial charge in [0, 0.05) is 18.1 Å². The van der Waals surface area contributed by atoms with Crippen molar-refractivity contribution in [3.05, 3.63) is 30.4 Å². The lowest BCUT2D eigenvalue weighted by Gasteiger charge is -2.09. The molecule has 96 valence electrons. The maximum atomic E-state index is 5.54. The van der Waals surface area contributed by atoms with Crippen molar-refractivity contribution in [2.24, 2.45) is 5.73 Å². The number of rotatable bonds is 5.